The minimum Gasteiger partial charge on any atom is -0.466 e. The zero-order chi connectivity index (χ0) is 16.7. The van der Waals surface area contributed by atoms with Gasteiger partial charge in [0.15, 0.2) is 0 Å². The number of rotatable bonds is 6. The summed E-state index contributed by atoms with van der Waals surface area (Å²) in [4.78, 5) is 24.2. The second-order valence-electron chi connectivity index (χ2n) is 5.07. The average Bonchev–Trinajstić information content (AvgIpc) is 2.55. The van der Waals surface area contributed by atoms with Gasteiger partial charge in [0.2, 0.25) is 0 Å². The highest BCUT2D eigenvalue weighted by molar-refractivity contribution is 5.94. The van der Waals surface area contributed by atoms with Crippen molar-refractivity contribution in [3.8, 4) is 0 Å². The molecule has 1 amide bonds. The molecule has 0 aliphatic heterocycles. The quantitative estimate of drug-likeness (QED) is 0.635. The molecule has 1 atom stereocenters. The zero-order valence-electron chi connectivity index (χ0n) is 13.0. The van der Waals surface area contributed by atoms with E-state index in [4.69, 9.17) is 10.5 Å². The van der Waals surface area contributed by atoms with Gasteiger partial charge >= 0.3 is 5.97 Å². The molecule has 3 N–H and O–H groups in total. The van der Waals surface area contributed by atoms with Crippen LogP contribution in [-0.4, -0.2) is 18.5 Å². The Hall–Kier alpha value is -2.82. The molecule has 23 heavy (non-hydrogen) atoms. The third-order valence-corrected chi connectivity index (χ3v) is 3.33. The molecule has 0 aliphatic rings. The van der Waals surface area contributed by atoms with Crippen molar-refractivity contribution in [3.63, 3.8) is 0 Å². The third-order valence-electron chi connectivity index (χ3n) is 3.33. The smallest absolute Gasteiger partial charge is 0.308 e. The predicted molar refractivity (Wildman–Crippen MR) is 88.8 cm³/mol. The van der Waals surface area contributed by atoms with Crippen LogP contribution >= 0.6 is 0 Å². The molecule has 0 aromatic heterocycles. The summed E-state index contributed by atoms with van der Waals surface area (Å²) in [5.74, 6) is -0.615. The largest absolute Gasteiger partial charge is 0.466 e. The monoisotopic (exact) mass is 312 g/mol. The Labute approximate surface area is 135 Å². The highest BCUT2D eigenvalue weighted by atomic mass is 16.5. The molecule has 120 valence electrons. The topological polar surface area (TPSA) is 81.4 Å². The first kappa shape index (κ1) is 16.5. The Kier molecular flexibility index (Phi) is 5.74. The predicted octanol–water partition coefficient (Wildman–Crippen LogP) is 2.69. The summed E-state index contributed by atoms with van der Waals surface area (Å²) in [6.07, 6.45) is 0.0515. The number of hydrogen-bond donors (Lipinski definition) is 2. The molecule has 2 aromatic rings. The average molecular weight is 312 g/mol. The molecule has 0 saturated carbocycles. The van der Waals surface area contributed by atoms with E-state index in [9.17, 15) is 9.59 Å². The molecule has 5 nitrogen and oxygen atoms in total. The fraction of sp³-hybridized carbons (Fsp3) is 0.222. The van der Waals surface area contributed by atoms with Gasteiger partial charge in [-0.1, -0.05) is 30.3 Å². The minimum atomic E-state index is -0.495. The van der Waals surface area contributed by atoms with E-state index in [2.05, 4.69) is 5.32 Å². The first-order valence-electron chi connectivity index (χ1n) is 7.47. The van der Waals surface area contributed by atoms with Gasteiger partial charge in [-0.05, 0) is 36.8 Å². The number of carbonyl (C=O) groups excluding carboxylic acids is 2. The lowest BCUT2D eigenvalue weighted by Gasteiger charge is -2.19. The summed E-state index contributed by atoms with van der Waals surface area (Å²) in [7, 11) is 0. The molecule has 2 rings (SSSR count). The van der Waals surface area contributed by atoms with E-state index < -0.39 is 6.04 Å². The van der Waals surface area contributed by atoms with Gasteiger partial charge in [0.05, 0.1) is 19.1 Å². The van der Waals surface area contributed by atoms with Crippen LogP contribution in [-0.2, 0) is 9.53 Å². The molecule has 0 spiro atoms. The molecular formula is C18H20N2O3. The Morgan fingerprint density at radius 1 is 1.13 bits per heavy atom. The number of hydrogen-bond acceptors (Lipinski definition) is 4. The maximum atomic E-state index is 12.4. The molecule has 5 heteroatoms. The number of benzene rings is 2. The van der Waals surface area contributed by atoms with Gasteiger partial charge in [0.1, 0.15) is 0 Å². The van der Waals surface area contributed by atoms with Crippen LogP contribution in [0.4, 0.5) is 5.69 Å². The number of nitrogens with one attached hydrogen (secondary N) is 1. The van der Waals surface area contributed by atoms with Crippen LogP contribution in [0.25, 0.3) is 0 Å². The number of ether oxygens (including phenoxy) is 1. The first-order chi connectivity index (χ1) is 11.1. The van der Waals surface area contributed by atoms with Crippen molar-refractivity contribution in [3.05, 3.63) is 65.7 Å². The second kappa shape index (κ2) is 7.98. The maximum Gasteiger partial charge on any atom is 0.308 e. The standard InChI is InChI=1S/C18H20N2O3/c1-2-23-17(21)12-16(14-9-6-10-15(19)11-14)20-18(22)13-7-4-3-5-8-13/h3-11,16H,2,12,19H2,1H3,(H,20,22). The van der Waals surface area contributed by atoms with Crippen molar-refractivity contribution in [2.24, 2.45) is 0 Å². The van der Waals surface area contributed by atoms with E-state index in [0.29, 0.717) is 17.9 Å². The summed E-state index contributed by atoms with van der Waals surface area (Å²) in [5.41, 5.74) is 7.67. The van der Waals surface area contributed by atoms with Crippen molar-refractivity contribution in [1.29, 1.82) is 0 Å². The highest BCUT2D eigenvalue weighted by Crippen LogP contribution is 2.20. The normalized spacial score (nSPS) is 11.5. The molecule has 1 unspecified atom stereocenters. The minimum absolute atomic E-state index is 0.0515. The highest BCUT2D eigenvalue weighted by Gasteiger charge is 2.20. The molecule has 2 aromatic carbocycles. The summed E-state index contributed by atoms with van der Waals surface area (Å²) in [5, 5.41) is 2.87. The van der Waals surface area contributed by atoms with Crippen LogP contribution in [0.2, 0.25) is 0 Å². The van der Waals surface area contributed by atoms with Gasteiger partial charge < -0.3 is 15.8 Å². The van der Waals surface area contributed by atoms with Crippen LogP contribution < -0.4 is 11.1 Å². The van der Waals surface area contributed by atoms with Gasteiger partial charge in [0.25, 0.3) is 5.91 Å². The molecule has 0 fully saturated rings. The maximum absolute atomic E-state index is 12.4. The lowest BCUT2D eigenvalue weighted by Crippen LogP contribution is -2.30. The third kappa shape index (κ3) is 4.85. The van der Waals surface area contributed by atoms with Gasteiger partial charge in [-0.15, -0.1) is 0 Å². The Morgan fingerprint density at radius 3 is 2.52 bits per heavy atom. The van der Waals surface area contributed by atoms with Gasteiger partial charge in [0, 0.05) is 11.3 Å². The first-order valence-corrected chi connectivity index (χ1v) is 7.47. The van der Waals surface area contributed by atoms with Crippen LogP contribution in [0.5, 0.6) is 0 Å². The lowest BCUT2D eigenvalue weighted by molar-refractivity contribution is -0.143. The molecule has 0 saturated heterocycles. The Balaban J connectivity index is 2.19. The van der Waals surface area contributed by atoms with E-state index in [1.807, 2.05) is 12.1 Å². The second-order valence-corrected chi connectivity index (χ2v) is 5.07. The fourth-order valence-corrected chi connectivity index (χ4v) is 2.25. The van der Waals surface area contributed by atoms with Crippen LogP contribution in [0.15, 0.2) is 54.6 Å². The summed E-state index contributed by atoms with van der Waals surface area (Å²) in [6.45, 7) is 2.05. The van der Waals surface area contributed by atoms with Gasteiger partial charge in [-0.25, -0.2) is 0 Å². The van der Waals surface area contributed by atoms with Crippen molar-refractivity contribution in [2.75, 3.05) is 12.3 Å². The summed E-state index contributed by atoms with van der Waals surface area (Å²) < 4.78 is 4.99. The molecule has 0 bridgehead atoms. The Bertz CT molecular complexity index is 671. The number of nitrogens with two attached hydrogens (primary N) is 1. The number of amides is 1. The van der Waals surface area contributed by atoms with Crippen molar-refractivity contribution >= 4 is 17.6 Å². The zero-order valence-corrected chi connectivity index (χ0v) is 13.0. The molecule has 0 heterocycles. The van der Waals surface area contributed by atoms with E-state index in [1.165, 1.54) is 0 Å². The molecule has 0 aliphatic carbocycles. The van der Waals surface area contributed by atoms with Gasteiger partial charge in [-0.3, -0.25) is 9.59 Å². The van der Waals surface area contributed by atoms with Crippen molar-refractivity contribution in [1.82, 2.24) is 5.32 Å². The number of carbonyl (C=O) groups is 2. The van der Waals surface area contributed by atoms with E-state index in [1.54, 1.807) is 49.4 Å². The van der Waals surface area contributed by atoms with E-state index in [-0.39, 0.29) is 18.3 Å². The van der Waals surface area contributed by atoms with E-state index in [0.717, 1.165) is 5.56 Å². The Morgan fingerprint density at radius 2 is 1.87 bits per heavy atom. The SMILES string of the molecule is CCOC(=O)CC(NC(=O)c1ccccc1)c1cccc(N)c1. The van der Waals surface area contributed by atoms with Crippen LogP contribution in [0.1, 0.15) is 35.3 Å². The van der Waals surface area contributed by atoms with Crippen molar-refractivity contribution in [2.45, 2.75) is 19.4 Å². The fourth-order valence-electron chi connectivity index (χ4n) is 2.25. The number of anilines is 1. The lowest BCUT2D eigenvalue weighted by atomic mass is 10.0. The van der Waals surface area contributed by atoms with Gasteiger partial charge in [-0.2, -0.15) is 0 Å². The summed E-state index contributed by atoms with van der Waals surface area (Å²) in [6, 6.07) is 15.5. The summed E-state index contributed by atoms with van der Waals surface area (Å²) >= 11 is 0. The number of nitrogen functional groups attached to an aromatic ring is 1. The number of esters is 1. The van der Waals surface area contributed by atoms with Crippen LogP contribution in [0, 0.1) is 0 Å². The molecule has 0 radical (unpaired) electrons. The molecular weight excluding hydrogens is 292 g/mol. The van der Waals surface area contributed by atoms with Crippen LogP contribution in [0.3, 0.4) is 0 Å². The van der Waals surface area contributed by atoms with E-state index >= 15 is 0 Å². The van der Waals surface area contributed by atoms with Crippen molar-refractivity contribution < 1.29 is 14.3 Å².